The second kappa shape index (κ2) is 7.60. The minimum Gasteiger partial charge on any atom is -0.496 e. The van der Waals surface area contributed by atoms with Crippen LogP contribution in [0.15, 0.2) is 34.9 Å². The molecule has 8 nitrogen and oxygen atoms in total. The number of benzene rings is 1. The van der Waals surface area contributed by atoms with Crippen LogP contribution in [0.1, 0.15) is 17.2 Å². The van der Waals surface area contributed by atoms with Crippen molar-refractivity contribution in [2.45, 2.75) is 5.92 Å². The van der Waals surface area contributed by atoms with Crippen molar-refractivity contribution in [3.8, 4) is 17.2 Å². The van der Waals surface area contributed by atoms with Gasteiger partial charge in [0.25, 0.3) is 0 Å². The number of nitrogens with zero attached hydrogens (tertiary/aromatic N) is 1. The van der Waals surface area contributed by atoms with Gasteiger partial charge in [-0.3, -0.25) is 5.21 Å². The molecule has 0 fully saturated rings. The van der Waals surface area contributed by atoms with Crippen LogP contribution in [0, 0.1) is 0 Å². The molecule has 0 radical (unpaired) electrons. The van der Waals surface area contributed by atoms with Gasteiger partial charge in [-0.25, -0.2) is 9.86 Å². The zero-order valence-corrected chi connectivity index (χ0v) is 13.7. The number of nitrogens with two attached hydrogens (primary N) is 1. The Bertz CT molecular complexity index is 661. The Balaban J connectivity index is 2.58. The lowest BCUT2D eigenvalue weighted by Gasteiger charge is -2.24. The van der Waals surface area contributed by atoms with Gasteiger partial charge in [0.2, 0.25) is 0 Å². The smallest absolute Gasteiger partial charge is 0.338 e. The van der Waals surface area contributed by atoms with Crippen molar-refractivity contribution in [2.75, 3.05) is 27.9 Å². The molecule has 8 heteroatoms. The SMILES string of the molecule is COc1cc(OC)c(C(CN(O)C(N)=O)c2ccco2)c(OC)c1. The Morgan fingerprint density at radius 2 is 1.88 bits per heavy atom. The Kier molecular flexibility index (Phi) is 5.54. The Morgan fingerprint density at radius 3 is 2.29 bits per heavy atom. The van der Waals surface area contributed by atoms with Crippen LogP contribution in [0.2, 0.25) is 0 Å². The van der Waals surface area contributed by atoms with Gasteiger partial charge in [-0.2, -0.15) is 0 Å². The average molecular weight is 336 g/mol. The molecule has 1 unspecified atom stereocenters. The van der Waals surface area contributed by atoms with Crippen LogP contribution in [0.5, 0.6) is 17.2 Å². The third-order valence-corrected chi connectivity index (χ3v) is 3.60. The molecular formula is C16H20N2O6. The average Bonchev–Trinajstić information content (AvgIpc) is 3.12. The normalized spacial score (nSPS) is 11.7. The topological polar surface area (TPSA) is 107 Å². The van der Waals surface area contributed by atoms with E-state index in [4.69, 9.17) is 24.4 Å². The van der Waals surface area contributed by atoms with Crippen LogP contribution in [0.25, 0.3) is 0 Å². The second-order valence-electron chi connectivity index (χ2n) is 4.93. The number of rotatable bonds is 7. The molecule has 1 aromatic heterocycles. The van der Waals surface area contributed by atoms with Crippen molar-refractivity contribution in [2.24, 2.45) is 5.73 Å². The zero-order valence-electron chi connectivity index (χ0n) is 13.7. The quantitative estimate of drug-likeness (QED) is 0.593. The Morgan fingerprint density at radius 1 is 1.25 bits per heavy atom. The number of carbonyl (C=O) groups is 1. The van der Waals surface area contributed by atoms with Gasteiger partial charge in [-0.15, -0.1) is 0 Å². The summed E-state index contributed by atoms with van der Waals surface area (Å²) in [7, 11) is 4.53. The largest absolute Gasteiger partial charge is 0.496 e. The van der Waals surface area contributed by atoms with Gasteiger partial charge in [-0.1, -0.05) is 0 Å². The van der Waals surface area contributed by atoms with E-state index in [0.717, 1.165) is 0 Å². The predicted octanol–water partition coefficient (Wildman–Crippen LogP) is 2.21. The zero-order chi connectivity index (χ0) is 17.7. The van der Waals surface area contributed by atoms with Crippen molar-refractivity contribution in [1.82, 2.24) is 5.06 Å². The highest BCUT2D eigenvalue weighted by molar-refractivity contribution is 5.70. The van der Waals surface area contributed by atoms with E-state index in [0.29, 0.717) is 33.6 Å². The highest BCUT2D eigenvalue weighted by Gasteiger charge is 2.29. The van der Waals surface area contributed by atoms with E-state index in [-0.39, 0.29) is 6.54 Å². The summed E-state index contributed by atoms with van der Waals surface area (Å²) in [5, 5.41) is 10.2. The minimum absolute atomic E-state index is 0.137. The summed E-state index contributed by atoms with van der Waals surface area (Å²) in [5.41, 5.74) is 5.72. The second-order valence-corrected chi connectivity index (χ2v) is 4.93. The molecule has 0 aliphatic rings. The van der Waals surface area contributed by atoms with Gasteiger partial charge < -0.3 is 24.4 Å². The number of furan rings is 1. The van der Waals surface area contributed by atoms with E-state index in [2.05, 4.69) is 0 Å². The number of urea groups is 1. The van der Waals surface area contributed by atoms with Crippen LogP contribution < -0.4 is 19.9 Å². The fourth-order valence-corrected chi connectivity index (χ4v) is 2.45. The number of ether oxygens (including phenoxy) is 3. The van der Waals surface area contributed by atoms with Crippen molar-refractivity contribution < 1.29 is 28.6 Å². The minimum atomic E-state index is -0.974. The monoisotopic (exact) mass is 336 g/mol. The van der Waals surface area contributed by atoms with E-state index in [1.165, 1.54) is 27.6 Å². The van der Waals surface area contributed by atoms with Crippen LogP contribution >= 0.6 is 0 Å². The fourth-order valence-electron chi connectivity index (χ4n) is 2.45. The first-order chi connectivity index (χ1) is 11.5. The number of hydroxylamine groups is 2. The molecular weight excluding hydrogens is 316 g/mol. The standard InChI is InChI=1S/C16H20N2O6/c1-21-10-7-13(22-2)15(14(8-10)23-3)11(9-18(20)16(17)19)12-5-4-6-24-12/h4-8,11,20H,9H2,1-3H3,(H2,17,19). The van der Waals surface area contributed by atoms with Crippen molar-refractivity contribution in [3.63, 3.8) is 0 Å². The number of hydrogen-bond donors (Lipinski definition) is 2. The first-order valence-electron chi connectivity index (χ1n) is 7.11. The molecule has 0 spiro atoms. The summed E-state index contributed by atoms with van der Waals surface area (Å²) in [4.78, 5) is 11.2. The number of methoxy groups -OCH3 is 3. The van der Waals surface area contributed by atoms with Gasteiger partial charge in [0.05, 0.1) is 40.1 Å². The molecule has 1 atom stereocenters. The first kappa shape index (κ1) is 17.5. The molecule has 1 heterocycles. The van der Waals surface area contributed by atoms with Gasteiger partial charge in [0.1, 0.15) is 23.0 Å². The number of hydrogen-bond acceptors (Lipinski definition) is 6. The molecule has 130 valence electrons. The summed E-state index contributed by atoms with van der Waals surface area (Å²) in [5.74, 6) is 1.42. The highest BCUT2D eigenvalue weighted by atomic mass is 16.5. The number of primary amides is 1. The predicted molar refractivity (Wildman–Crippen MR) is 84.7 cm³/mol. The molecule has 2 amide bonds. The lowest BCUT2D eigenvalue weighted by molar-refractivity contribution is -0.0427. The molecule has 0 saturated carbocycles. The van der Waals surface area contributed by atoms with Crippen LogP contribution in [-0.2, 0) is 0 Å². The summed E-state index contributed by atoms with van der Waals surface area (Å²) >= 11 is 0. The summed E-state index contributed by atoms with van der Waals surface area (Å²) in [6.07, 6.45) is 1.50. The third kappa shape index (κ3) is 3.54. The van der Waals surface area contributed by atoms with E-state index < -0.39 is 11.9 Å². The highest BCUT2D eigenvalue weighted by Crippen LogP contribution is 2.42. The van der Waals surface area contributed by atoms with E-state index in [9.17, 15) is 10.0 Å². The fraction of sp³-hybridized carbons (Fsp3) is 0.312. The van der Waals surface area contributed by atoms with E-state index >= 15 is 0 Å². The molecule has 2 aromatic rings. The molecule has 0 saturated heterocycles. The Labute approximate surface area is 139 Å². The molecule has 24 heavy (non-hydrogen) atoms. The summed E-state index contributed by atoms with van der Waals surface area (Å²) in [6, 6.07) is 5.82. The van der Waals surface area contributed by atoms with E-state index in [1.54, 1.807) is 24.3 Å². The van der Waals surface area contributed by atoms with Gasteiger partial charge in [0.15, 0.2) is 0 Å². The lowest BCUT2D eigenvalue weighted by atomic mass is 9.94. The first-order valence-corrected chi connectivity index (χ1v) is 7.11. The summed E-state index contributed by atoms with van der Waals surface area (Å²) in [6.45, 7) is -0.137. The third-order valence-electron chi connectivity index (χ3n) is 3.60. The van der Waals surface area contributed by atoms with Crippen molar-refractivity contribution in [1.29, 1.82) is 0 Å². The van der Waals surface area contributed by atoms with Gasteiger partial charge >= 0.3 is 6.03 Å². The maximum Gasteiger partial charge on any atom is 0.338 e. The number of amides is 2. The molecule has 0 aliphatic heterocycles. The maximum atomic E-state index is 11.2. The molecule has 3 N–H and O–H groups in total. The van der Waals surface area contributed by atoms with Gasteiger partial charge in [-0.05, 0) is 12.1 Å². The van der Waals surface area contributed by atoms with Crippen LogP contribution in [-0.4, -0.2) is 44.2 Å². The Hall–Kier alpha value is -2.87. The summed E-state index contributed by atoms with van der Waals surface area (Å²) < 4.78 is 21.5. The lowest BCUT2D eigenvalue weighted by Crippen LogP contribution is -2.36. The molecule has 0 aliphatic carbocycles. The number of carbonyl (C=O) groups excluding carboxylic acids is 1. The van der Waals surface area contributed by atoms with Gasteiger partial charge in [0, 0.05) is 17.7 Å². The van der Waals surface area contributed by atoms with Crippen LogP contribution in [0.4, 0.5) is 4.79 Å². The molecule has 2 rings (SSSR count). The van der Waals surface area contributed by atoms with Crippen LogP contribution in [0.3, 0.4) is 0 Å². The van der Waals surface area contributed by atoms with Crippen molar-refractivity contribution >= 4 is 6.03 Å². The maximum absolute atomic E-state index is 11.2. The van der Waals surface area contributed by atoms with Crippen molar-refractivity contribution in [3.05, 3.63) is 41.9 Å². The van der Waals surface area contributed by atoms with E-state index in [1.807, 2.05) is 0 Å². The molecule has 0 bridgehead atoms. The molecule has 1 aromatic carbocycles.